The molecule has 2 spiro atoms. The van der Waals surface area contributed by atoms with Crippen molar-refractivity contribution in [1.29, 1.82) is 0 Å². The van der Waals surface area contributed by atoms with Crippen LogP contribution in [0.1, 0.15) is 69.8 Å². The van der Waals surface area contributed by atoms with Crippen molar-refractivity contribution < 1.29 is 28.8 Å². The first-order chi connectivity index (χ1) is 18.0. The minimum Gasteiger partial charge on any atom is -0.396 e. The highest BCUT2D eigenvalue weighted by atomic mass is 16.7. The standard InChI is InChI=1S/C18H23NO3.C11H17NO3/c1-19-17(7-9-18(10-8-17)21-13-14-22-18)11-12-20-15-16-5-3-2-4-6-16;1-12-10(6-7-13)2-4-11(5-3-10)14-8-9-15-11/h2-6H,7-15H2;13H,2-9H2. The van der Waals surface area contributed by atoms with Gasteiger partial charge in [-0.3, -0.25) is 0 Å². The fraction of sp³-hybridized carbons (Fsp3) is 0.724. The molecule has 2 saturated heterocycles. The van der Waals surface area contributed by atoms with Crippen molar-refractivity contribution >= 4 is 0 Å². The molecule has 0 bridgehead atoms. The van der Waals surface area contributed by atoms with Gasteiger partial charge in [0.2, 0.25) is 11.1 Å². The molecule has 2 saturated carbocycles. The summed E-state index contributed by atoms with van der Waals surface area (Å²) < 4.78 is 28.5. The molecule has 2 heterocycles. The molecule has 5 rings (SSSR count). The molecular formula is C29H40N2O6. The van der Waals surface area contributed by atoms with E-state index in [2.05, 4.69) is 21.8 Å². The van der Waals surface area contributed by atoms with Crippen molar-refractivity contribution in [2.24, 2.45) is 0 Å². The zero-order chi connectivity index (χ0) is 26.1. The van der Waals surface area contributed by atoms with Gasteiger partial charge in [-0.05, 0) is 5.56 Å². The highest BCUT2D eigenvalue weighted by molar-refractivity contribution is 5.13. The quantitative estimate of drug-likeness (QED) is 0.413. The maximum atomic E-state index is 8.97. The summed E-state index contributed by atoms with van der Waals surface area (Å²) in [5, 5.41) is 8.97. The number of aliphatic hydroxyl groups is 1. The highest BCUT2D eigenvalue weighted by Gasteiger charge is 2.50. The first-order valence-electron chi connectivity index (χ1n) is 13.6. The number of ether oxygens (including phenoxy) is 5. The highest BCUT2D eigenvalue weighted by Crippen LogP contribution is 2.44. The van der Waals surface area contributed by atoms with Crippen LogP contribution in [0.3, 0.4) is 0 Å². The summed E-state index contributed by atoms with van der Waals surface area (Å²) in [5.74, 6) is -0.789. The lowest BCUT2D eigenvalue weighted by atomic mass is 9.77. The second-order valence-electron chi connectivity index (χ2n) is 10.6. The van der Waals surface area contributed by atoms with Gasteiger partial charge in [-0.15, -0.1) is 0 Å². The molecule has 2 aliphatic carbocycles. The molecule has 37 heavy (non-hydrogen) atoms. The molecule has 0 atom stereocenters. The largest absolute Gasteiger partial charge is 0.396 e. The zero-order valence-corrected chi connectivity index (χ0v) is 21.8. The molecule has 8 nitrogen and oxygen atoms in total. The maximum Gasteiger partial charge on any atom is 0.235 e. The van der Waals surface area contributed by atoms with Crippen molar-refractivity contribution in [3.63, 3.8) is 0 Å². The van der Waals surface area contributed by atoms with Gasteiger partial charge >= 0.3 is 0 Å². The predicted molar refractivity (Wildman–Crippen MR) is 137 cm³/mol. The summed E-state index contributed by atoms with van der Waals surface area (Å²) in [5.41, 5.74) is 0.516. The Morgan fingerprint density at radius 1 is 0.703 bits per heavy atom. The van der Waals surface area contributed by atoms with Gasteiger partial charge in [0, 0.05) is 64.2 Å². The average Bonchev–Trinajstić information content (AvgIpc) is 3.61. The SMILES string of the molecule is [C-]#[N+]C1(CCO)CCC2(CC1)OCCO2.[C-]#[N+]C1(CCOCc2ccccc2)CCC2(CC1)OCCO2. The van der Waals surface area contributed by atoms with Crippen molar-refractivity contribution in [2.75, 3.05) is 39.6 Å². The van der Waals surface area contributed by atoms with Crippen LogP contribution in [0.5, 0.6) is 0 Å². The Hall–Kier alpha value is -2.04. The Kier molecular flexibility index (Phi) is 9.58. The monoisotopic (exact) mass is 512 g/mol. The third-order valence-electron chi connectivity index (χ3n) is 8.39. The molecule has 4 fully saturated rings. The van der Waals surface area contributed by atoms with Crippen LogP contribution in [-0.2, 0) is 30.3 Å². The third kappa shape index (κ3) is 7.09. The third-order valence-corrected chi connectivity index (χ3v) is 8.39. The molecule has 0 radical (unpaired) electrons. The molecule has 2 aliphatic heterocycles. The van der Waals surface area contributed by atoms with E-state index in [0.29, 0.717) is 46.1 Å². The fourth-order valence-corrected chi connectivity index (χ4v) is 5.83. The van der Waals surface area contributed by atoms with Crippen LogP contribution >= 0.6 is 0 Å². The number of hydrogen-bond acceptors (Lipinski definition) is 6. The number of rotatable bonds is 7. The number of nitrogens with zero attached hydrogens (tertiary/aromatic N) is 2. The maximum absolute atomic E-state index is 8.97. The molecule has 1 aromatic carbocycles. The van der Waals surface area contributed by atoms with Gasteiger partial charge in [-0.25, -0.2) is 13.1 Å². The average molecular weight is 513 g/mol. The Morgan fingerprint density at radius 3 is 1.59 bits per heavy atom. The van der Waals surface area contributed by atoms with Crippen LogP contribution in [-0.4, -0.2) is 67.4 Å². The smallest absolute Gasteiger partial charge is 0.235 e. The van der Waals surface area contributed by atoms with Gasteiger partial charge in [0.05, 0.1) is 46.2 Å². The second kappa shape index (κ2) is 12.7. The van der Waals surface area contributed by atoms with Crippen molar-refractivity contribution in [3.8, 4) is 0 Å². The van der Waals surface area contributed by atoms with Gasteiger partial charge in [0.15, 0.2) is 11.6 Å². The lowest BCUT2D eigenvalue weighted by Crippen LogP contribution is -2.42. The van der Waals surface area contributed by atoms with E-state index in [1.165, 1.54) is 5.56 Å². The molecule has 4 aliphatic rings. The minimum absolute atomic E-state index is 0.0943. The van der Waals surface area contributed by atoms with E-state index in [4.69, 9.17) is 41.9 Å². The van der Waals surface area contributed by atoms with Crippen LogP contribution in [0.2, 0.25) is 0 Å². The molecule has 1 N–H and O–H groups in total. The molecule has 1 aromatic rings. The van der Waals surface area contributed by atoms with Crippen LogP contribution < -0.4 is 0 Å². The van der Waals surface area contributed by atoms with Crippen molar-refractivity contribution in [1.82, 2.24) is 0 Å². The van der Waals surface area contributed by atoms with Gasteiger partial charge in [0.25, 0.3) is 0 Å². The first kappa shape index (κ1) is 28.0. The summed E-state index contributed by atoms with van der Waals surface area (Å²) in [6, 6.07) is 10.2. The number of aliphatic hydroxyl groups excluding tert-OH is 1. The second-order valence-corrected chi connectivity index (χ2v) is 10.6. The van der Waals surface area contributed by atoms with E-state index in [-0.39, 0.29) is 23.5 Å². The van der Waals surface area contributed by atoms with E-state index >= 15 is 0 Å². The van der Waals surface area contributed by atoms with Crippen LogP contribution in [0.15, 0.2) is 30.3 Å². The van der Waals surface area contributed by atoms with Gasteiger partial charge in [-0.2, -0.15) is 0 Å². The molecule has 0 aromatic heterocycles. The number of benzene rings is 1. The van der Waals surface area contributed by atoms with E-state index in [0.717, 1.165) is 57.8 Å². The summed E-state index contributed by atoms with van der Waals surface area (Å²) in [6.07, 6.45) is 7.82. The Balaban J connectivity index is 0.000000186. The van der Waals surface area contributed by atoms with Crippen LogP contribution in [0.4, 0.5) is 0 Å². The van der Waals surface area contributed by atoms with E-state index in [1.807, 2.05) is 18.2 Å². The molecule has 0 amide bonds. The summed E-state index contributed by atoms with van der Waals surface area (Å²) >= 11 is 0. The van der Waals surface area contributed by atoms with Crippen LogP contribution in [0, 0.1) is 13.1 Å². The Morgan fingerprint density at radius 2 is 1.16 bits per heavy atom. The van der Waals surface area contributed by atoms with Gasteiger partial charge < -0.3 is 38.5 Å². The van der Waals surface area contributed by atoms with Crippen molar-refractivity contribution in [2.45, 2.75) is 93.5 Å². The molecule has 202 valence electrons. The number of hydrogen-bond donors (Lipinski definition) is 1. The molecule has 0 unspecified atom stereocenters. The fourth-order valence-electron chi connectivity index (χ4n) is 5.83. The predicted octanol–water partition coefficient (Wildman–Crippen LogP) is 4.91. The van der Waals surface area contributed by atoms with Crippen molar-refractivity contribution in [3.05, 3.63) is 58.7 Å². The lowest BCUT2D eigenvalue weighted by molar-refractivity contribution is -0.183. The van der Waals surface area contributed by atoms with E-state index in [1.54, 1.807) is 0 Å². The van der Waals surface area contributed by atoms with Gasteiger partial charge in [0.1, 0.15) is 0 Å². The summed E-state index contributed by atoms with van der Waals surface area (Å²) in [6.45, 7) is 18.9. The van der Waals surface area contributed by atoms with E-state index in [9.17, 15) is 0 Å². The topological polar surface area (TPSA) is 75.1 Å². The first-order valence-corrected chi connectivity index (χ1v) is 13.6. The van der Waals surface area contributed by atoms with E-state index < -0.39 is 5.79 Å². The summed E-state index contributed by atoms with van der Waals surface area (Å²) in [7, 11) is 0. The minimum atomic E-state index is -0.399. The Labute approximate surface area is 220 Å². The lowest BCUT2D eigenvalue weighted by Gasteiger charge is -2.36. The van der Waals surface area contributed by atoms with Gasteiger partial charge in [-0.1, -0.05) is 30.3 Å². The Bertz CT molecular complexity index is 908. The van der Waals surface area contributed by atoms with Crippen LogP contribution in [0.25, 0.3) is 9.69 Å². The summed E-state index contributed by atoms with van der Waals surface area (Å²) in [4.78, 5) is 7.64. The normalized spacial score (nSPS) is 27.2. The molecule has 8 heteroatoms. The molecular weight excluding hydrogens is 472 g/mol. The zero-order valence-electron chi connectivity index (χ0n) is 21.8.